The molecule has 2 aromatic rings. The molecule has 2 rings (SSSR count). The Hall–Kier alpha value is -1.90. The Morgan fingerprint density at radius 1 is 1.05 bits per heavy atom. The van der Waals surface area contributed by atoms with Crippen LogP contribution in [0.2, 0.25) is 0 Å². The number of benzene rings is 1. The lowest BCUT2D eigenvalue weighted by Crippen LogP contribution is -2.24. The third-order valence-corrected chi connectivity index (χ3v) is 3.28. The summed E-state index contributed by atoms with van der Waals surface area (Å²) >= 11 is 0. The minimum atomic E-state index is 0.464. The van der Waals surface area contributed by atoms with Crippen molar-refractivity contribution in [2.24, 2.45) is 5.92 Å². The predicted octanol–water partition coefficient (Wildman–Crippen LogP) is 3.99. The Kier molecular flexibility index (Phi) is 4.50. The van der Waals surface area contributed by atoms with E-state index in [2.05, 4.69) is 36.1 Å². The standard InChI is InChI=1S/C16H21N3/c1-4-15(12(2)3)19-14-10-17-16(18-11-14)13-8-6-5-7-9-13/h5-12,15,19H,4H2,1-3H3. The van der Waals surface area contributed by atoms with Gasteiger partial charge in [0.1, 0.15) is 0 Å². The van der Waals surface area contributed by atoms with Gasteiger partial charge in [0.05, 0.1) is 18.1 Å². The molecule has 0 spiro atoms. The van der Waals surface area contributed by atoms with Crippen molar-refractivity contribution in [2.45, 2.75) is 33.2 Å². The van der Waals surface area contributed by atoms with Gasteiger partial charge in [0.2, 0.25) is 0 Å². The molecule has 3 nitrogen and oxygen atoms in total. The molecule has 1 aromatic carbocycles. The van der Waals surface area contributed by atoms with Crippen molar-refractivity contribution in [3.63, 3.8) is 0 Å². The second kappa shape index (κ2) is 6.32. The van der Waals surface area contributed by atoms with Gasteiger partial charge >= 0.3 is 0 Å². The summed E-state index contributed by atoms with van der Waals surface area (Å²) in [5.74, 6) is 1.36. The van der Waals surface area contributed by atoms with Gasteiger partial charge in [-0.1, -0.05) is 51.1 Å². The van der Waals surface area contributed by atoms with E-state index in [9.17, 15) is 0 Å². The average Bonchev–Trinajstić information content (AvgIpc) is 2.46. The second-order valence-corrected chi connectivity index (χ2v) is 5.06. The first-order chi connectivity index (χ1) is 9.20. The summed E-state index contributed by atoms with van der Waals surface area (Å²) < 4.78 is 0. The monoisotopic (exact) mass is 255 g/mol. The smallest absolute Gasteiger partial charge is 0.159 e. The van der Waals surface area contributed by atoms with Crippen molar-refractivity contribution >= 4 is 5.69 Å². The van der Waals surface area contributed by atoms with Crippen LogP contribution in [0.5, 0.6) is 0 Å². The fraction of sp³-hybridized carbons (Fsp3) is 0.375. The van der Waals surface area contributed by atoms with E-state index in [-0.39, 0.29) is 0 Å². The van der Waals surface area contributed by atoms with Crippen LogP contribution < -0.4 is 5.32 Å². The predicted molar refractivity (Wildman–Crippen MR) is 80.0 cm³/mol. The molecule has 1 unspecified atom stereocenters. The maximum absolute atomic E-state index is 4.42. The molecular formula is C16H21N3. The summed E-state index contributed by atoms with van der Waals surface area (Å²) in [7, 11) is 0. The molecule has 100 valence electrons. The van der Waals surface area contributed by atoms with E-state index in [0.717, 1.165) is 23.5 Å². The van der Waals surface area contributed by atoms with Gasteiger partial charge in [-0.25, -0.2) is 9.97 Å². The Labute approximate surface area is 115 Å². The van der Waals surface area contributed by atoms with Gasteiger partial charge in [-0.15, -0.1) is 0 Å². The van der Waals surface area contributed by atoms with Gasteiger partial charge in [0.25, 0.3) is 0 Å². The van der Waals surface area contributed by atoms with E-state index in [1.165, 1.54) is 0 Å². The lowest BCUT2D eigenvalue weighted by molar-refractivity contribution is 0.511. The number of rotatable bonds is 5. The highest BCUT2D eigenvalue weighted by atomic mass is 15.0. The SMILES string of the molecule is CCC(Nc1cnc(-c2ccccc2)nc1)C(C)C. The molecule has 0 radical (unpaired) electrons. The van der Waals surface area contributed by atoms with Gasteiger partial charge in [0.15, 0.2) is 5.82 Å². The topological polar surface area (TPSA) is 37.8 Å². The maximum atomic E-state index is 4.42. The van der Waals surface area contributed by atoms with Crippen molar-refractivity contribution < 1.29 is 0 Å². The van der Waals surface area contributed by atoms with Crippen LogP contribution in [0.25, 0.3) is 11.4 Å². The van der Waals surface area contributed by atoms with Crippen molar-refractivity contribution in [2.75, 3.05) is 5.32 Å². The lowest BCUT2D eigenvalue weighted by Gasteiger charge is -2.21. The molecule has 1 aromatic heterocycles. The summed E-state index contributed by atoms with van der Waals surface area (Å²) in [5, 5.41) is 3.48. The Bertz CT molecular complexity index is 491. The summed E-state index contributed by atoms with van der Waals surface area (Å²) in [6, 6.07) is 10.5. The van der Waals surface area contributed by atoms with Crippen LogP contribution in [0.1, 0.15) is 27.2 Å². The van der Waals surface area contributed by atoms with Crippen molar-refractivity contribution in [1.29, 1.82) is 0 Å². The number of aromatic nitrogens is 2. The van der Waals surface area contributed by atoms with E-state index < -0.39 is 0 Å². The molecule has 0 aliphatic heterocycles. The second-order valence-electron chi connectivity index (χ2n) is 5.06. The van der Waals surface area contributed by atoms with Crippen LogP contribution >= 0.6 is 0 Å². The summed E-state index contributed by atoms with van der Waals surface area (Å²) in [5.41, 5.74) is 2.03. The molecule has 1 atom stereocenters. The molecule has 0 saturated carbocycles. The first-order valence-corrected chi connectivity index (χ1v) is 6.84. The molecule has 0 bridgehead atoms. The fourth-order valence-corrected chi connectivity index (χ4v) is 2.09. The van der Waals surface area contributed by atoms with Crippen LogP contribution in [-0.2, 0) is 0 Å². The van der Waals surface area contributed by atoms with Gasteiger partial charge < -0.3 is 5.32 Å². The molecule has 1 heterocycles. The van der Waals surface area contributed by atoms with Crippen LogP contribution in [0.3, 0.4) is 0 Å². The molecular weight excluding hydrogens is 234 g/mol. The van der Waals surface area contributed by atoms with E-state index >= 15 is 0 Å². The van der Waals surface area contributed by atoms with Crippen molar-refractivity contribution in [3.05, 3.63) is 42.7 Å². The zero-order chi connectivity index (χ0) is 13.7. The Balaban J connectivity index is 2.11. The fourth-order valence-electron chi connectivity index (χ4n) is 2.09. The van der Waals surface area contributed by atoms with Crippen LogP contribution in [0.15, 0.2) is 42.7 Å². The normalized spacial score (nSPS) is 12.4. The lowest BCUT2D eigenvalue weighted by atomic mass is 10.0. The van der Waals surface area contributed by atoms with E-state index in [0.29, 0.717) is 12.0 Å². The molecule has 0 aliphatic rings. The number of anilines is 1. The van der Waals surface area contributed by atoms with Gasteiger partial charge in [-0.3, -0.25) is 0 Å². The zero-order valence-corrected chi connectivity index (χ0v) is 11.8. The number of hydrogen-bond donors (Lipinski definition) is 1. The maximum Gasteiger partial charge on any atom is 0.159 e. The molecule has 1 N–H and O–H groups in total. The first kappa shape index (κ1) is 13.5. The molecule has 0 saturated heterocycles. The van der Waals surface area contributed by atoms with Crippen molar-refractivity contribution in [3.8, 4) is 11.4 Å². The molecule has 19 heavy (non-hydrogen) atoms. The highest BCUT2D eigenvalue weighted by Crippen LogP contribution is 2.17. The minimum absolute atomic E-state index is 0.464. The summed E-state index contributed by atoms with van der Waals surface area (Å²) in [4.78, 5) is 8.84. The third-order valence-electron chi connectivity index (χ3n) is 3.28. The van der Waals surface area contributed by atoms with Crippen LogP contribution in [-0.4, -0.2) is 16.0 Å². The minimum Gasteiger partial charge on any atom is -0.380 e. The molecule has 0 amide bonds. The van der Waals surface area contributed by atoms with Gasteiger partial charge in [0, 0.05) is 11.6 Å². The molecule has 0 aliphatic carbocycles. The summed E-state index contributed by atoms with van der Waals surface area (Å²) in [6.07, 6.45) is 4.82. The quantitative estimate of drug-likeness (QED) is 0.877. The largest absolute Gasteiger partial charge is 0.380 e. The Morgan fingerprint density at radius 2 is 1.68 bits per heavy atom. The first-order valence-electron chi connectivity index (χ1n) is 6.84. The number of nitrogens with one attached hydrogen (secondary N) is 1. The average molecular weight is 255 g/mol. The van der Waals surface area contributed by atoms with Crippen LogP contribution in [0, 0.1) is 5.92 Å². The van der Waals surface area contributed by atoms with Crippen LogP contribution in [0.4, 0.5) is 5.69 Å². The molecule has 3 heteroatoms. The van der Waals surface area contributed by atoms with E-state index in [4.69, 9.17) is 0 Å². The summed E-state index contributed by atoms with van der Waals surface area (Å²) in [6.45, 7) is 6.64. The molecule has 0 fully saturated rings. The highest BCUT2D eigenvalue weighted by molar-refractivity contribution is 5.55. The van der Waals surface area contributed by atoms with Gasteiger partial charge in [-0.05, 0) is 12.3 Å². The van der Waals surface area contributed by atoms with E-state index in [1.807, 2.05) is 42.7 Å². The Morgan fingerprint density at radius 3 is 2.21 bits per heavy atom. The highest BCUT2D eigenvalue weighted by Gasteiger charge is 2.10. The van der Waals surface area contributed by atoms with Crippen molar-refractivity contribution in [1.82, 2.24) is 9.97 Å². The third kappa shape index (κ3) is 3.53. The van der Waals surface area contributed by atoms with Gasteiger partial charge in [-0.2, -0.15) is 0 Å². The number of hydrogen-bond acceptors (Lipinski definition) is 3. The number of nitrogens with zero attached hydrogens (tertiary/aromatic N) is 2. The van der Waals surface area contributed by atoms with E-state index in [1.54, 1.807) is 0 Å². The zero-order valence-electron chi connectivity index (χ0n) is 11.8.